The molecule has 1 aromatic heterocycles. The third kappa shape index (κ3) is 5.12. The first-order valence-corrected chi connectivity index (χ1v) is 12.1. The number of aliphatic hydroxyl groups excluding tert-OH is 1. The molecule has 0 radical (unpaired) electrons. The maximum Gasteiger partial charge on any atom is 0.416 e. The van der Waals surface area contributed by atoms with Gasteiger partial charge in [0.25, 0.3) is 0 Å². The number of benzene rings is 2. The average molecular weight is 483 g/mol. The fraction of sp³-hybridized carbons (Fsp3) is 0.407. The fourth-order valence-corrected chi connectivity index (χ4v) is 5.27. The first-order chi connectivity index (χ1) is 16.8. The number of halogens is 3. The van der Waals surface area contributed by atoms with Crippen LogP contribution in [0.15, 0.2) is 48.8 Å². The number of aromatic nitrogens is 2. The summed E-state index contributed by atoms with van der Waals surface area (Å²) < 4.78 is 40.7. The Hall–Kier alpha value is -3.13. The van der Waals surface area contributed by atoms with E-state index in [0.29, 0.717) is 35.6 Å². The van der Waals surface area contributed by atoms with Gasteiger partial charge in [-0.1, -0.05) is 31.4 Å². The molecule has 0 spiro atoms. The topological polar surface area (TPSA) is 61.3 Å². The Morgan fingerprint density at radius 1 is 0.943 bits per heavy atom. The summed E-state index contributed by atoms with van der Waals surface area (Å²) in [7, 11) is 1.88. The minimum Gasteiger partial charge on any atom is -0.392 e. The van der Waals surface area contributed by atoms with Gasteiger partial charge in [0.05, 0.1) is 17.4 Å². The van der Waals surface area contributed by atoms with Gasteiger partial charge >= 0.3 is 6.18 Å². The van der Waals surface area contributed by atoms with Gasteiger partial charge in [-0.3, -0.25) is 0 Å². The Morgan fingerprint density at radius 2 is 1.71 bits per heavy atom. The van der Waals surface area contributed by atoms with Crippen molar-refractivity contribution in [1.29, 1.82) is 0 Å². The molecular formula is C27H29F3N4O. The lowest BCUT2D eigenvalue weighted by atomic mass is 9.93. The van der Waals surface area contributed by atoms with Crippen LogP contribution in [0, 0.1) is 0 Å². The van der Waals surface area contributed by atoms with Crippen molar-refractivity contribution in [2.75, 3.05) is 17.3 Å². The molecule has 2 aromatic carbocycles. The average Bonchev–Trinajstić information content (AvgIpc) is 3.22. The van der Waals surface area contributed by atoms with Gasteiger partial charge in [-0.15, -0.1) is 0 Å². The maximum absolute atomic E-state index is 13.6. The predicted octanol–water partition coefficient (Wildman–Crippen LogP) is 6.13. The standard InChI is InChI=1S/C27H29F3N4O/c1-34(21-5-3-2-4-6-21)25-14-19(27(28,29)30)8-10-23(25)24-15-26(32-16-31-24)33-20-9-7-17-12-22(35)13-18(17)11-20/h7-11,14-16,21-22,35H,2-6,12-13H2,1H3,(H,31,32,33). The summed E-state index contributed by atoms with van der Waals surface area (Å²) in [5, 5.41) is 13.2. The van der Waals surface area contributed by atoms with Gasteiger partial charge in [0.1, 0.15) is 12.1 Å². The van der Waals surface area contributed by atoms with Gasteiger partial charge in [0.15, 0.2) is 0 Å². The molecule has 1 heterocycles. The van der Waals surface area contributed by atoms with E-state index in [1.54, 1.807) is 6.07 Å². The molecule has 3 aromatic rings. The van der Waals surface area contributed by atoms with E-state index in [-0.39, 0.29) is 12.1 Å². The predicted molar refractivity (Wildman–Crippen MR) is 131 cm³/mol. The van der Waals surface area contributed by atoms with Gasteiger partial charge in [-0.2, -0.15) is 13.2 Å². The van der Waals surface area contributed by atoms with Gasteiger partial charge < -0.3 is 15.3 Å². The third-order valence-electron chi connectivity index (χ3n) is 7.16. The number of anilines is 3. The monoisotopic (exact) mass is 482 g/mol. The Balaban J connectivity index is 1.47. The zero-order valence-corrected chi connectivity index (χ0v) is 19.6. The van der Waals surface area contributed by atoms with Crippen LogP contribution in [0.4, 0.5) is 30.4 Å². The van der Waals surface area contributed by atoms with Crippen molar-refractivity contribution < 1.29 is 18.3 Å². The highest BCUT2D eigenvalue weighted by molar-refractivity contribution is 5.79. The van der Waals surface area contributed by atoms with Gasteiger partial charge in [0.2, 0.25) is 0 Å². The molecule has 35 heavy (non-hydrogen) atoms. The van der Waals surface area contributed by atoms with Crippen LogP contribution >= 0.6 is 0 Å². The Bertz CT molecular complexity index is 1210. The van der Waals surface area contributed by atoms with Crippen LogP contribution in [0.1, 0.15) is 48.8 Å². The molecule has 1 unspecified atom stereocenters. The van der Waals surface area contributed by atoms with Crippen LogP contribution in [-0.2, 0) is 19.0 Å². The molecule has 2 aliphatic carbocycles. The molecule has 2 N–H and O–H groups in total. The van der Waals surface area contributed by atoms with Gasteiger partial charge in [0, 0.05) is 36.1 Å². The van der Waals surface area contributed by atoms with Crippen molar-refractivity contribution >= 4 is 17.2 Å². The lowest BCUT2D eigenvalue weighted by Crippen LogP contribution is -2.33. The molecule has 1 atom stereocenters. The fourth-order valence-electron chi connectivity index (χ4n) is 5.27. The second kappa shape index (κ2) is 9.49. The number of nitrogens with one attached hydrogen (secondary N) is 1. The normalized spacial score (nSPS) is 18.4. The number of nitrogens with zero attached hydrogens (tertiary/aromatic N) is 3. The van der Waals surface area contributed by atoms with E-state index in [1.807, 2.05) is 30.1 Å². The zero-order chi connectivity index (χ0) is 24.6. The molecule has 8 heteroatoms. The Labute approximate surface area is 203 Å². The molecule has 5 nitrogen and oxygen atoms in total. The lowest BCUT2D eigenvalue weighted by molar-refractivity contribution is -0.137. The molecule has 1 fully saturated rings. The van der Waals surface area contributed by atoms with E-state index in [0.717, 1.165) is 48.6 Å². The number of rotatable bonds is 5. The zero-order valence-electron chi connectivity index (χ0n) is 19.6. The quantitative estimate of drug-likeness (QED) is 0.458. The van der Waals surface area contributed by atoms with Crippen molar-refractivity contribution in [2.45, 2.75) is 63.3 Å². The van der Waals surface area contributed by atoms with Crippen LogP contribution in [0.5, 0.6) is 0 Å². The molecular weight excluding hydrogens is 453 g/mol. The molecule has 0 aliphatic heterocycles. The molecule has 1 saturated carbocycles. The van der Waals surface area contributed by atoms with Crippen LogP contribution in [0.25, 0.3) is 11.3 Å². The lowest BCUT2D eigenvalue weighted by Gasteiger charge is -2.34. The van der Waals surface area contributed by atoms with Crippen molar-refractivity contribution in [1.82, 2.24) is 9.97 Å². The summed E-state index contributed by atoms with van der Waals surface area (Å²) in [6.45, 7) is 0. The summed E-state index contributed by atoms with van der Waals surface area (Å²) in [5.41, 5.74) is 4.17. The molecule has 0 saturated heterocycles. The molecule has 2 aliphatic rings. The second-order valence-electron chi connectivity index (χ2n) is 9.59. The van der Waals surface area contributed by atoms with Crippen molar-refractivity contribution in [3.63, 3.8) is 0 Å². The van der Waals surface area contributed by atoms with Crippen LogP contribution in [0.3, 0.4) is 0 Å². The Kier molecular flexibility index (Phi) is 6.40. The molecule has 0 amide bonds. The highest BCUT2D eigenvalue weighted by Gasteiger charge is 2.32. The number of fused-ring (bicyclic) bond motifs is 1. The largest absolute Gasteiger partial charge is 0.416 e. The van der Waals surface area contributed by atoms with E-state index >= 15 is 0 Å². The van der Waals surface area contributed by atoms with Crippen LogP contribution in [0.2, 0.25) is 0 Å². The summed E-state index contributed by atoms with van der Waals surface area (Å²) in [5.74, 6) is 0.555. The van der Waals surface area contributed by atoms with E-state index in [9.17, 15) is 18.3 Å². The van der Waals surface area contributed by atoms with Crippen molar-refractivity contribution in [3.05, 3.63) is 65.5 Å². The number of hydrogen-bond acceptors (Lipinski definition) is 5. The van der Waals surface area contributed by atoms with Crippen molar-refractivity contribution in [3.8, 4) is 11.3 Å². The number of aliphatic hydroxyl groups is 1. The summed E-state index contributed by atoms with van der Waals surface area (Å²) in [6, 6.07) is 11.8. The molecule has 5 rings (SSSR count). The van der Waals surface area contributed by atoms with E-state index in [4.69, 9.17) is 0 Å². The summed E-state index contributed by atoms with van der Waals surface area (Å²) >= 11 is 0. The SMILES string of the molecule is CN(c1cc(C(F)(F)F)ccc1-c1cc(Nc2ccc3c(c2)CC(O)C3)ncn1)C1CCCCC1. The second-order valence-corrected chi connectivity index (χ2v) is 9.59. The summed E-state index contributed by atoms with van der Waals surface area (Å²) in [4.78, 5) is 10.7. The first-order valence-electron chi connectivity index (χ1n) is 12.1. The molecule has 0 bridgehead atoms. The smallest absolute Gasteiger partial charge is 0.392 e. The highest BCUT2D eigenvalue weighted by atomic mass is 19.4. The van der Waals surface area contributed by atoms with Crippen molar-refractivity contribution in [2.24, 2.45) is 0 Å². The first kappa shape index (κ1) is 23.6. The Morgan fingerprint density at radius 3 is 2.49 bits per heavy atom. The highest BCUT2D eigenvalue weighted by Crippen LogP contribution is 2.39. The van der Waals surface area contributed by atoms with Gasteiger partial charge in [-0.05, 0) is 61.1 Å². The minimum absolute atomic E-state index is 0.201. The van der Waals surface area contributed by atoms with E-state index in [1.165, 1.54) is 24.9 Å². The minimum atomic E-state index is -4.42. The van der Waals surface area contributed by atoms with Crippen LogP contribution in [-0.4, -0.2) is 34.3 Å². The van der Waals surface area contributed by atoms with E-state index < -0.39 is 11.7 Å². The van der Waals surface area contributed by atoms with E-state index in [2.05, 4.69) is 15.3 Å². The molecule has 184 valence electrons. The third-order valence-corrected chi connectivity index (χ3v) is 7.16. The number of alkyl halides is 3. The maximum atomic E-state index is 13.6. The van der Waals surface area contributed by atoms with Crippen LogP contribution < -0.4 is 10.2 Å². The number of hydrogen-bond donors (Lipinski definition) is 2. The van der Waals surface area contributed by atoms with Gasteiger partial charge in [-0.25, -0.2) is 9.97 Å². The summed E-state index contributed by atoms with van der Waals surface area (Å²) in [6.07, 6.45) is 3.24.